The number of benzene rings is 2. The van der Waals surface area contributed by atoms with Crippen LogP contribution in [0.4, 0.5) is 0 Å². The molecule has 0 aliphatic heterocycles. The predicted octanol–water partition coefficient (Wildman–Crippen LogP) is 4.67. The van der Waals surface area contributed by atoms with Crippen molar-refractivity contribution in [2.45, 2.75) is 13.8 Å². The summed E-state index contributed by atoms with van der Waals surface area (Å²) in [6.07, 6.45) is 1.79. The summed E-state index contributed by atoms with van der Waals surface area (Å²) in [5.41, 5.74) is 3.42. The van der Waals surface area contributed by atoms with Crippen LogP contribution in [0.2, 0.25) is 0 Å². The van der Waals surface area contributed by atoms with Gasteiger partial charge in [0.25, 0.3) is 0 Å². The Balaban J connectivity index is 2.62. The molecule has 0 radical (unpaired) electrons. The van der Waals surface area contributed by atoms with Crippen LogP contribution in [0.3, 0.4) is 0 Å². The predicted molar refractivity (Wildman–Crippen MR) is 85.2 cm³/mol. The standard InChI is InChI=1S/C17H14OS/c1-4-12-8-11(3)17-14(9-12)15(18)13-7-5-6-10(2)16(13)19-17/h4-9H,1H2,2-3H3. The highest BCUT2D eigenvalue weighted by Gasteiger charge is 2.09. The molecular weight excluding hydrogens is 252 g/mol. The Morgan fingerprint density at radius 1 is 1.05 bits per heavy atom. The van der Waals surface area contributed by atoms with Crippen molar-refractivity contribution in [1.82, 2.24) is 0 Å². The molecule has 0 aliphatic rings. The van der Waals surface area contributed by atoms with Crippen molar-refractivity contribution in [2.24, 2.45) is 0 Å². The molecule has 0 saturated carbocycles. The maximum absolute atomic E-state index is 12.6. The SMILES string of the molecule is C=Cc1cc(C)c2sc3c(C)cccc3c(=O)c2c1. The second kappa shape index (κ2) is 4.32. The molecule has 0 amide bonds. The molecule has 3 rings (SSSR count). The lowest BCUT2D eigenvalue weighted by Gasteiger charge is -2.07. The third-order valence-electron chi connectivity index (χ3n) is 3.44. The highest BCUT2D eigenvalue weighted by molar-refractivity contribution is 7.24. The molecule has 1 nitrogen and oxygen atoms in total. The number of aryl methyl sites for hydroxylation is 2. The van der Waals surface area contributed by atoms with E-state index < -0.39 is 0 Å². The molecular formula is C17H14OS. The van der Waals surface area contributed by atoms with Gasteiger partial charge in [0, 0.05) is 20.2 Å². The third-order valence-corrected chi connectivity index (χ3v) is 4.93. The van der Waals surface area contributed by atoms with Gasteiger partial charge in [-0.1, -0.05) is 30.9 Å². The summed E-state index contributed by atoms with van der Waals surface area (Å²) in [6, 6.07) is 9.93. The van der Waals surface area contributed by atoms with Crippen LogP contribution in [-0.4, -0.2) is 0 Å². The minimum atomic E-state index is 0.124. The second-order valence-corrected chi connectivity index (χ2v) is 5.82. The zero-order valence-electron chi connectivity index (χ0n) is 11.0. The minimum absolute atomic E-state index is 0.124. The van der Waals surface area contributed by atoms with Gasteiger partial charge >= 0.3 is 0 Å². The smallest absolute Gasteiger partial charge is 0.195 e. The Morgan fingerprint density at radius 3 is 2.53 bits per heavy atom. The summed E-state index contributed by atoms with van der Waals surface area (Å²) in [7, 11) is 0. The topological polar surface area (TPSA) is 17.1 Å². The van der Waals surface area contributed by atoms with Crippen molar-refractivity contribution in [3.05, 3.63) is 63.8 Å². The van der Waals surface area contributed by atoms with Gasteiger partial charge in [0.2, 0.25) is 0 Å². The Labute approximate surface area is 115 Å². The van der Waals surface area contributed by atoms with E-state index in [2.05, 4.69) is 32.6 Å². The van der Waals surface area contributed by atoms with Crippen LogP contribution in [0.25, 0.3) is 26.2 Å². The first-order valence-electron chi connectivity index (χ1n) is 6.21. The molecule has 0 saturated heterocycles. The molecule has 0 atom stereocenters. The summed E-state index contributed by atoms with van der Waals surface area (Å²) in [5.74, 6) is 0. The largest absolute Gasteiger partial charge is 0.289 e. The van der Waals surface area contributed by atoms with Crippen molar-refractivity contribution < 1.29 is 0 Å². The molecule has 0 unspecified atom stereocenters. The van der Waals surface area contributed by atoms with E-state index in [1.807, 2.05) is 18.2 Å². The zero-order valence-corrected chi connectivity index (χ0v) is 11.8. The van der Waals surface area contributed by atoms with Gasteiger partial charge in [-0.2, -0.15) is 0 Å². The summed E-state index contributed by atoms with van der Waals surface area (Å²) in [6.45, 7) is 7.89. The van der Waals surface area contributed by atoms with E-state index in [-0.39, 0.29) is 5.43 Å². The van der Waals surface area contributed by atoms with Crippen molar-refractivity contribution in [3.63, 3.8) is 0 Å². The van der Waals surface area contributed by atoms with Crippen molar-refractivity contribution in [3.8, 4) is 0 Å². The fourth-order valence-corrected chi connectivity index (χ4v) is 3.62. The van der Waals surface area contributed by atoms with E-state index in [0.29, 0.717) is 0 Å². The van der Waals surface area contributed by atoms with Gasteiger partial charge in [0.1, 0.15) is 0 Å². The summed E-state index contributed by atoms with van der Waals surface area (Å²) in [5, 5.41) is 1.62. The van der Waals surface area contributed by atoms with Crippen molar-refractivity contribution in [1.29, 1.82) is 0 Å². The molecule has 1 aromatic heterocycles. The highest BCUT2D eigenvalue weighted by Crippen LogP contribution is 2.30. The van der Waals surface area contributed by atoms with E-state index in [0.717, 1.165) is 36.9 Å². The maximum atomic E-state index is 12.6. The van der Waals surface area contributed by atoms with Crippen LogP contribution in [0, 0.1) is 13.8 Å². The van der Waals surface area contributed by atoms with E-state index in [1.54, 1.807) is 17.4 Å². The highest BCUT2D eigenvalue weighted by atomic mass is 32.1. The van der Waals surface area contributed by atoms with Gasteiger partial charge in [-0.05, 0) is 42.7 Å². The first-order valence-corrected chi connectivity index (χ1v) is 7.02. The van der Waals surface area contributed by atoms with Crippen molar-refractivity contribution in [2.75, 3.05) is 0 Å². The van der Waals surface area contributed by atoms with Crippen molar-refractivity contribution >= 4 is 37.6 Å². The number of fused-ring (bicyclic) bond motifs is 2. The second-order valence-electron chi connectivity index (χ2n) is 4.80. The Bertz CT molecular complexity index is 872. The number of hydrogen-bond acceptors (Lipinski definition) is 2. The molecule has 3 aromatic rings. The number of hydrogen-bond donors (Lipinski definition) is 0. The van der Waals surface area contributed by atoms with Crippen LogP contribution in [0.5, 0.6) is 0 Å². The van der Waals surface area contributed by atoms with E-state index in [4.69, 9.17) is 0 Å². The van der Waals surface area contributed by atoms with Gasteiger partial charge in [-0.25, -0.2) is 0 Å². The minimum Gasteiger partial charge on any atom is -0.289 e. The van der Waals surface area contributed by atoms with Gasteiger partial charge < -0.3 is 0 Å². The Morgan fingerprint density at radius 2 is 1.79 bits per heavy atom. The van der Waals surface area contributed by atoms with Gasteiger partial charge in [0.15, 0.2) is 5.43 Å². The summed E-state index contributed by atoms with van der Waals surface area (Å²) in [4.78, 5) is 12.6. The fourth-order valence-electron chi connectivity index (χ4n) is 2.44. The van der Waals surface area contributed by atoms with Crippen LogP contribution < -0.4 is 5.43 Å². The quantitative estimate of drug-likeness (QED) is 0.585. The van der Waals surface area contributed by atoms with Gasteiger partial charge in [-0.3, -0.25) is 4.79 Å². The Kier molecular flexibility index (Phi) is 2.76. The lowest BCUT2D eigenvalue weighted by Crippen LogP contribution is -2.02. The van der Waals surface area contributed by atoms with Crippen LogP contribution in [-0.2, 0) is 0 Å². The molecule has 0 aliphatic carbocycles. The maximum Gasteiger partial charge on any atom is 0.195 e. The average molecular weight is 266 g/mol. The van der Waals surface area contributed by atoms with Crippen LogP contribution in [0.1, 0.15) is 16.7 Å². The first-order chi connectivity index (χ1) is 9.11. The summed E-state index contributed by atoms with van der Waals surface area (Å²) >= 11 is 1.70. The molecule has 19 heavy (non-hydrogen) atoms. The first kappa shape index (κ1) is 12.1. The van der Waals surface area contributed by atoms with Crippen LogP contribution >= 0.6 is 11.3 Å². The lowest BCUT2D eigenvalue weighted by molar-refractivity contribution is 1.52. The van der Waals surface area contributed by atoms with E-state index in [9.17, 15) is 4.79 Å². The monoisotopic (exact) mass is 266 g/mol. The Hall–Kier alpha value is -1.93. The average Bonchev–Trinajstić information content (AvgIpc) is 2.41. The zero-order chi connectivity index (χ0) is 13.6. The molecule has 0 spiro atoms. The number of rotatable bonds is 1. The molecule has 2 heteroatoms. The van der Waals surface area contributed by atoms with E-state index >= 15 is 0 Å². The molecule has 1 heterocycles. The normalized spacial score (nSPS) is 11.1. The van der Waals surface area contributed by atoms with E-state index in [1.165, 1.54) is 0 Å². The summed E-state index contributed by atoms with van der Waals surface area (Å²) < 4.78 is 2.17. The fraction of sp³-hybridized carbons (Fsp3) is 0.118. The lowest BCUT2D eigenvalue weighted by atomic mass is 10.1. The molecule has 2 aromatic carbocycles. The third kappa shape index (κ3) is 1.80. The van der Waals surface area contributed by atoms with Gasteiger partial charge in [0.05, 0.1) is 0 Å². The molecule has 0 fully saturated rings. The molecule has 0 bridgehead atoms. The van der Waals surface area contributed by atoms with Crippen LogP contribution in [0.15, 0.2) is 41.7 Å². The molecule has 94 valence electrons. The molecule has 0 N–H and O–H groups in total. The van der Waals surface area contributed by atoms with Gasteiger partial charge in [-0.15, -0.1) is 11.3 Å².